The van der Waals surface area contributed by atoms with Gasteiger partial charge < -0.3 is 15.2 Å². The summed E-state index contributed by atoms with van der Waals surface area (Å²) in [5.41, 5.74) is -0.594. The lowest BCUT2D eigenvalue weighted by atomic mass is 9.91. The van der Waals surface area contributed by atoms with Crippen molar-refractivity contribution < 1.29 is 9.84 Å². The van der Waals surface area contributed by atoms with Gasteiger partial charge >= 0.3 is 0 Å². The van der Waals surface area contributed by atoms with Crippen LogP contribution in [0.5, 0.6) is 0 Å². The normalized spacial score (nSPS) is 17.8. The lowest BCUT2D eigenvalue weighted by Crippen LogP contribution is -2.40. The monoisotopic (exact) mass is 203 g/mol. The first-order chi connectivity index (χ1) is 6.52. The minimum atomic E-state index is -0.594. The Labute approximate surface area is 87.8 Å². The zero-order valence-electron chi connectivity index (χ0n) is 9.97. The van der Waals surface area contributed by atoms with Gasteiger partial charge in [-0.25, -0.2) is 0 Å². The Morgan fingerprint density at radius 1 is 1.50 bits per heavy atom. The molecule has 0 aromatic rings. The van der Waals surface area contributed by atoms with Crippen molar-refractivity contribution in [1.82, 2.24) is 5.32 Å². The fourth-order valence-corrected chi connectivity index (χ4v) is 1.50. The molecule has 2 N–H and O–H groups in total. The van der Waals surface area contributed by atoms with Gasteiger partial charge in [0, 0.05) is 20.2 Å². The van der Waals surface area contributed by atoms with E-state index in [1.165, 1.54) is 0 Å². The molecule has 0 aliphatic rings. The maximum absolute atomic E-state index is 10.0. The van der Waals surface area contributed by atoms with Crippen LogP contribution in [0, 0.1) is 5.92 Å². The van der Waals surface area contributed by atoms with Gasteiger partial charge in [0.2, 0.25) is 0 Å². The third-order valence-electron chi connectivity index (χ3n) is 2.47. The molecule has 0 aliphatic carbocycles. The molecule has 2 atom stereocenters. The van der Waals surface area contributed by atoms with Gasteiger partial charge in [0.1, 0.15) is 0 Å². The van der Waals surface area contributed by atoms with Crippen molar-refractivity contribution in [3.63, 3.8) is 0 Å². The minimum Gasteiger partial charge on any atom is -0.389 e. The van der Waals surface area contributed by atoms with Gasteiger partial charge in [-0.15, -0.1) is 0 Å². The first-order valence-corrected chi connectivity index (χ1v) is 5.44. The van der Waals surface area contributed by atoms with Crippen LogP contribution in [0.3, 0.4) is 0 Å². The zero-order chi connectivity index (χ0) is 11.0. The number of hydrogen-bond acceptors (Lipinski definition) is 3. The lowest BCUT2D eigenvalue weighted by molar-refractivity contribution is 0.0344. The average molecular weight is 203 g/mol. The summed E-state index contributed by atoms with van der Waals surface area (Å²) < 4.78 is 4.91. The van der Waals surface area contributed by atoms with Crippen LogP contribution < -0.4 is 5.32 Å². The fraction of sp³-hybridized carbons (Fsp3) is 1.00. The summed E-state index contributed by atoms with van der Waals surface area (Å²) in [6.45, 7) is 8.34. The van der Waals surface area contributed by atoms with Crippen LogP contribution in [0.4, 0.5) is 0 Å². The molecule has 0 radical (unpaired) electrons. The smallest absolute Gasteiger partial charge is 0.0746 e. The molecule has 0 aromatic heterocycles. The molecule has 0 aromatic carbocycles. The van der Waals surface area contributed by atoms with Crippen LogP contribution in [-0.4, -0.2) is 37.5 Å². The minimum absolute atomic E-state index is 0.578. The van der Waals surface area contributed by atoms with E-state index in [0.29, 0.717) is 19.1 Å². The Morgan fingerprint density at radius 3 is 2.64 bits per heavy atom. The van der Waals surface area contributed by atoms with E-state index in [2.05, 4.69) is 19.2 Å². The molecule has 2 unspecified atom stereocenters. The number of hydrogen-bond donors (Lipinski definition) is 2. The molecular formula is C11H25NO2. The largest absolute Gasteiger partial charge is 0.389 e. The summed E-state index contributed by atoms with van der Waals surface area (Å²) >= 11 is 0. The van der Waals surface area contributed by atoms with E-state index >= 15 is 0 Å². The second kappa shape index (κ2) is 7.21. The zero-order valence-corrected chi connectivity index (χ0v) is 9.97. The molecule has 0 aliphatic heterocycles. The van der Waals surface area contributed by atoms with Crippen molar-refractivity contribution in [3.8, 4) is 0 Å². The van der Waals surface area contributed by atoms with Crippen molar-refractivity contribution in [2.75, 3.05) is 26.8 Å². The molecular weight excluding hydrogens is 178 g/mol. The van der Waals surface area contributed by atoms with Crippen molar-refractivity contribution in [2.45, 2.75) is 39.2 Å². The summed E-state index contributed by atoms with van der Waals surface area (Å²) in [5, 5.41) is 13.2. The van der Waals surface area contributed by atoms with Crippen molar-refractivity contribution in [2.24, 2.45) is 5.92 Å². The second-order valence-corrected chi connectivity index (χ2v) is 4.38. The molecule has 0 bridgehead atoms. The van der Waals surface area contributed by atoms with Gasteiger partial charge in [-0.2, -0.15) is 0 Å². The molecule has 0 saturated carbocycles. The quantitative estimate of drug-likeness (QED) is 0.586. The Balaban J connectivity index is 3.60. The van der Waals surface area contributed by atoms with Crippen LogP contribution in [-0.2, 0) is 4.74 Å². The van der Waals surface area contributed by atoms with Gasteiger partial charge in [-0.3, -0.25) is 0 Å². The predicted octanol–water partition coefficient (Wildman–Crippen LogP) is 1.41. The first kappa shape index (κ1) is 13.9. The van der Waals surface area contributed by atoms with Gasteiger partial charge in [0.05, 0.1) is 12.2 Å². The third-order valence-corrected chi connectivity index (χ3v) is 2.47. The van der Waals surface area contributed by atoms with E-state index in [-0.39, 0.29) is 0 Å². The highest BCUT2D eigenvalue weighted by Crippen LogP contribution is 2.17. The first-order valence-electron chi connectivity index (χ1n) is 5.44. The summed E-state index contributed by atoms with van der Waals surface area (Å²) in [6, 6.07) is 0. The number of aliphatic hydroxyl groups is 1. The number of ether oxygens (including phenoxy) is 1. The summed E-state index contributed by atoms with van der Waals surface area (Å²) in [6.07, 6.45) is 1.97. The molecule has 86 valence electrons. The Bertz CT molecular complexity index is 137. The molecule has 0 heterocycles. The lowest BCUT2D eigenvalue weighted by Gasteiger charge is -2.26. The summed E-state index contributed by atoms with van der Waals surface area (Å²) in [4.78, 5) is 0. The summed E-state index contributed by atoms with van der Waals surface area (Å²) in [7, 11) is 1.68. The van der Waals surface area contributed by atoms with E-state index in [9.17, 15) is 5.11 Å². The SMILES string of the molecule is CCC(C)CC(C)(O)CNCCOC. The number of methoxy groups -OCH3 is 1. The van der Waals surface area contributed by atoms with Crippen molar-refractivity contribution in [1.29, 1.82) is 0 Å². The highest BCUT2D eigenvalue weighted by atomic mass is 16.5. The van der Waals surface area contributed by atoms with E-state index in [1.54, 1.807) is 7.11 Å². The maximum Gasteiger partial charge on any atom is 0.0746 e. The molecule has 0 spiro atoms. The molecule has 0 saturated heterocycles. The van der Waals surface area contributed by atoms with E-state index in [4.69, 9.17) is 4.74 Å². The fourth-order valence-electron chi connectivity index (χ4n) is 1.50. The molecule has 0 fully saturated rings. The van der Waals surface area contributed by atoms with Gasteiger partial charge in [-0.05, 0) is 19.3 Å². The van der Waals surface area contributed by atoms with Crippen molar-refractivity contribution >= 4 is 0 Å². The number of rotatable bonds is 8. The highest BCUT2D eigenvalue weighted by Gasteiger charge is 2.21. The molecule has 3 heteroatoms. The van der Waals surface area contributed by atoms with E-state index in [1.807, 2.05) is 6.92 Å². The van der Waals surface area contributed by atoms with Crippen LogP contribution in [0.25, 0.3) is 0 Å². The Morgan fingerprint density at radius 2 is 2.14 bits per heavy atom. The standard InChI is InChI=1S/C11H25NO2/c1-5-10(2)8-11(3,13)9-12-6-7-14-4/h10,12-13H,5-9H2,1-4H3. The Hall–Kier alpha value is -0.120. The molecule has 14 heavy (non-hydrogen) atoms. The van der Waals surface area contributed by atoms with Crippen LogP contribution >= 0.6 is 0 Å². The van der Waals surface area contributed by atoms with Crippen LogP contribution in [0.2, 0.25) is 0 Å². The molecule has 0 amide bonds. The highest BCUT2D eigenvalue weighted by molar-refractivity contribution is 4.77. The van der Waals surface area contributed by atoms with E-state index in [0.717, 1.165) is 19.4 Å². The third kappa shape index (κ3) is 7.30. The van der Waals surface area contributed by atoms with Crippen LogP contribution in [0.1, 0.15) is 33.6 Å². The van der Waals surface area contributed by atoms with Gasteiger partial charge in [0.15, 0.2) is 0 Å². The van der Waals surface area contributed by atoms with Crippen LogP contribution in [0.15, 0.2) is 0 Å². The van der Waals surface area contributed by atoms with Gasteiger partial charge in [-0.1, -0.05) is 20.3 Å². The Kier molecular flexibility index (Phi) is 7.15. The van der Waals surface area contributed by atoms with E-state index < -0.39 is 5.60 Å². The number of nitrogens with one attached hydrogen (secondary N) is 1. The second-order valence-electron chi connectivity index (χ2n) is 4.38. The predicted molar refractivity (Wildman–Crippen MR) is 59.4 cm³/mol. The van der Waals surface area contributed by atoms with Crippen molar-refractivity contribution in [3.05, 3.63) is 0 Å². The maximum atomic E-state index is 10.0. The molecule has 3 nitrogen and oxygen atoms in total. The summed E-state index contributed by atoms with van der Waals surface area (Å²) in [5.74, 6) is 0.578. The molecule has 0 rings (SSSR count). The topological polar surface area (TPSA) is 41.5 Å². The van der Waals surface area contributed by atoms with Gasteiger partial charge in [0.25, 0.3) is 0 Å². The average Bonchev–Trinajstić information content (AvgIpc) is 2.12.